The van der Waals surface area contributed by atoms with Crippen molar-refractivity contribution in [3.05, 3.63) is 63.9 Å². The highest BCUT2D eigenvalue weighted by molar-refractivity contribution is 9.10. The lowest BCUT2D eigenvalue weighted by Crippen LogP contribution is -2.40. The van der Waals surface area contributed by atoms with Crippen LogP contribution in [0.4, 0.5) is 10.1 Å². The van der Waals surface area contributed by atoms with Crippen LogP contribution in [0, 0.1) is 18.7 Å². The Morgan fingerprint density at radius 1 is 1.28 bits per heavy atom. The number of piperidine rings is 1. The van der Waals surface area contributed by atoms with Gasteiger partial charge in [0.05, 0.1) is 5.92 Å². The summed E-state index contributed by atoms with van der Waals surface area (Å²) in [6.45, 7) is 4.46. The molecule has 0 saturated carbocycles. The minimum Gasteiger partial charge on any atom is -0.326 e. The second kappa shape index (κ2) is 8.11. The third-order valence-corrected chi connectivity index (χ3v) is 5.51. The quantitative estimate of drug-likeness (QED) is 0.797. The van der Waals surface area contributed by atoms with Gasteiger partial charge in [-0.25, -0.2) is 4.39 Å². The number of rotatable bonds is 4. The second-order valence-electron chi connectivity index (χ2n) is 6.65. The summed E-state index contributed by atoms with van der Waals surface area (Å²) in [5, 5.41) is 3.04. The molecule has 3 nitrogen and oxygen atoms in total. The summed E-state index contributed by atoms with van der Waals surface area (Å²) in [5.41, 5.74) is 3.01. The van der Waals surface area contributed by atoms with Crippen molar-refractivity contribution >= 4 is 27.5 Å². The summed E-state index contributed by atoms with van der Waals surface area (Å²) < 4.78 is 14.1. The van der Waals surface area contributed by atoms with Crippen molar-refractivity contribution in [2.45, 2.75) is 26.3 Å². The molecule has 0 aliphatic carbocycles. The van der Waals surface area contributed by atoms with Gasteiger partial charge in [0.25, 0.3) is 0 Å². The van der Waals surface area contributed by atoms with Gasteiger partial charge in [0, 0.05) is 23.2 Å². The topological polar surface area (TPSA) is 32.3 Å². The van der Waals surface area contributed by atoms with Gasteiger partial charge in [0.15, 0.2) is 0 Å². The Morgan fingerprint density at radius 3 is 2.76 bits per heavy atom. The number of halogens is 2. The fourth-order valence-electron chi connectivity index (χ4n) is 3.23. The molecule has 1 N–H and O–H groups in total. The zero-order valence-electron chi connectivity index (χ0n) is 14.3. The third-order valence-electron chi connectivity index (χ3n) is 4.62. The maximum Gasteiger partial charge on any atom is 0.228 e. The first-order chi connectivity index (χ1) is 12.0. The largest absolute Gasteiger partial charge is 0.326 e. The van der Waals surface area contributed by atoms with Crippen LogP contribution in [0.2, 0.25) is 0 Å². The van der Waals surface area contributed by atoms with E-state index < -0.39 is 0 Å². The Kier molecular flexibility index (Phi) is 5.86. The first-order valence-corrected chi connectivity index (χ1v) is 9.34. The number of amides is 1. The highest BCUT2D eigenvalue weighted by atomic mass is 79.9. The molecular formula is C20H22BrFN2O. The van der Waals surface area contributed by atoms with Gasteiger partial charge in [0.2, 0.25) is 5.91 Å². The van der Waals surface area contributed by atoms with Crippen molar-refractivity contribution in [3.63, 3.8) is 0 Å². The Morgan fingerprint density at radius 2 is 2.04 bits per heavy atom. The van der Waals surface area contributed by atoms with Gasteiger partial charge in [-0.3, -0.25) is 9.69 Å². The molecule has 1 saturated heterocycles. The normalized spacial score (nSPS) is 18.1. The van der Waals surface area contributed by atoms with Crippen LogP contribution in [0.1, 0.15) is 24.0 Å². The zero-order valence-corrected chi connectivity index (χ0v) is 15.9. The van der Waals surface area contributed by atoms with Crippen LogP contribution in [0.15, 0.2) is 46.9 Å². The number of likely N-dealkylation sites (tertiary alicyclic amines) is 1. The summed E-state index contributed by atoms with van der Waals surface area (Å²) in [6.07, 6.45) is 1.90. The highest BCUT2D eigenvalue weighted by Gasteiger charge is 2.25. The summed E-state index contributed by atoms with van der Waals surface area (Å²) in [5.74, 6) is -0.159. The molecule has 3 rings (SSSR count). The van der Waals surface area contributed by atoms with Crippen LogP contribution < -0.4 is 5.32 Å². The van der Waals surface area contributed by atoms with Gasteiger partial charge >= 0.3 is 0 Å². The van der Waals surface area contributed by atoms with E-state index in [1.165, 1.54) is 12.1 Å². The molecule has 0 aromatic heterocycles. The number of benzene rings is 2. The van der Waals surface area contributed by atoms with Gasteiger partial charge in [-0.05, 0) is 67.8 Å². The molecular weight excluding hydrogens is 383 g/mol. The molecule has 0 spiro atoms. The number of carbonyl (C=O) groups excluding carboxylic acids is 1. The van der Waals surface area contributed by atoms with Crippen LogP contribution in [-0.4, -0.2) is 23.9 Å². The predicted octanol–water partition coefficient (Wildman–Crippen LogP) is 4.75. The fraction of sp³-hybridized carbons (Fsp3) is 0.350. The minimum absolute atomic E-state index is 0.0156. The van der Waals surface area contributed by atoms with Crippen molar-refractivity contribution in [2.24, 2.45) is 5.92 Å². The van der Waals surface area contributed by atoms with Crippen LogP contribution in [0.3, 0.4) is 0 Å². The number of nitrogens with zero attached hydrogens (tertiary/aromatic N) is 1. The standard InChI is InChI=1S/C20H22BrFN2O/c1-14-11-18(8-9-19(14)21)23-20(25)16-3-2-10-24(13-16)12-15-4-6-17(22)7-5-15/h4-9,11,16H,2-3,10,12-13H2,1H3,(H,23,25). The molecule has 5 heteroatoms. The van der Waals surface area contributed by atoms with E-state index in [9.17, 15) is 9.18 Å². The molecule has 1 atom stereocenters. The van der Waals surface area contributed by atoms with Crippen molar-refractivity contribution in [2.75, 3.05) is 18.4 Å². The number of nitrogens with one attached hydrogen (secondary N) is 1. The van der Waals surface area contributed by atoms with Gasteiger partial charge in [0.1, 0.15) is 5.82 Å². The fourth-order valence-corrected chi connectivity index (χ4v) is 3.47. The third kappa shape index (κ3) is 4.89. The number of aryl methyl sites for hydroxylation is 1. The molecule has 132 valence electrons. The minimum atomic E-state index is -0.218. The molecule has 2 aromatic rings. The average molecular weight is 405 g/mol. The Hall–Kier alpha value is -1.72. The highest BCUT2D eigenvalue weighted by Crippen LogP contribution is 2.23. The van der Waals surface area contributed by atoms with Gasteiger partial charge in [-0.2, -0.15) is 0 Å². The number of anilines is 1. The van der Waals surface area contributed by atoms with Crippen LogP contribution >= 0.6 is 15.9 Å². The second-order valence-corrected chi connectivity index (χ2v) is 7.51. The van der Waals surface area contributed by atoms with Gasteiger partial charge in [-0.15, -0.1) is 0 Å². The summed E-state index contributed by atoms with van der Waals surface area (Å²) in [6, 6.07) is 12.4. The molecule has 1 aliphatic heterocycles. The Balaban J connectivity index is 1.59. The SMILES string of the molecule is Cc1cc(NC(=O)C2CCCN(Cc3ccc(F)cc3)C2)ccc1Br. The molecule has 2 aromatic carbocycles. The Bertz CT molecular complexity index is 748. The maximum absolute atomic E-state index is 13.0. The lowest BCUT2D eigenvalue weighted by atomic mass is 9.96. The zero-order chi connectivity index (χ0) is 17.8. The number of hydrogen-bond acceptors (Lipinski definition) is 2. The Labute approximate surface area is 156 Å². The van der Waals surface area contributed by atoms with E-state index in [1.54, 1.807) is 0 Å². The molecule has 1 unspecified atom stereocenters. The van der Waals surface area contributed by atoms with Gasteiger partial charge in [-0.1, -0.05) is 28.1 Å². The monoisotopic (exact) mass is 404 g/mol. The molecule has 1 fully saturated rings. The molecule has 1 aliphatic rings. The summed E-state index contributed by atoms with van der Waals surface area (Å²) >= 11 is 3.47. The molecule has 1 amide bonds. The van der Waals surface area contributed by atoms with Crippen molar-refractivity contribution in [3.8, 4) is 0 Å². The number of carbonyl (C=O) groups is 1. The molecule has 0 bridgehead atoms. The van der Waals surface area contributed by atoms with E-state index in [-0.39, 0.29) is 17.6 Å². The molecule has 0 radical (unpaired) electrons. The van der Waals surface area contributed by atoms with E-state index in [0.717, 1.165) is 53.8 Å². The van der Waals surface area contributed by atoms with E-state index in [4.69, 9.17) is 0 Å². The average Bonchev–Trinajstić information content (AvgIpc) is 2.60. The molecule has 1 heterocycles. The van der Waals surface area contributed by atoms with Crippen molar-refractivity contribution < 1.29 is 9.18 Å². The number of hydrogen-bond donors (Lipinski definition) is 1. The summed E-state index contributed by atoms with van der Waals surface area (Å²) in [7, 11) is 0. The van der Waals surface area contributed by atoms with Crippen LogP contribution in [-0.2, 0) is 11.3 Å². The van der Waals surface area contributed by atoms with E-state index in [2.05, 4.69) is 26.1 Å². The van der Waals surface area contributed by atoms with Crippen LogP contribution in [0.5, 0.6) is 0 Å². The lowest BCUT2D eigenvalue weighted by Gasteiger charge is -2.32. The van der Waals surface area contributed by atoms with Crippen molar-refractivity contribution in [1.29, 1.82) is 0 Å². The first kappa shape index (κ1) is 18.1. The predicted molar refractivity (Wildman–Crippen MR) is 102 cm³/mol. The van der Waals surface area contributed by atoms with Gasteiger partial charge < -0.3 is 5.32 Å². The van der Waals surface area contributed by atoms with E-state index >= 15 is 0 Å². The maximum atomic E-state index is 13.0. The van der Waals surface area contributed by atoms with Crippen LogP contribution in [0.25, 0.3) is 0 Å². The van der Waals surface area contributed by atoms with E-state index in [1.807, 2.05) is 37.3 Å². The lowest BCUT2D eigenvalue weighted by molar-refractivity contribution is -0.121. The van der Waals surface area contributed by atoms with E-state index in [0.29, 0.717) is 0 Å². The van der Waals surface area contributed by atoms with Crippen molar-refractivity contribution in [1.82, 2.24) is 4.90 Å². The first-order valence-electron chi connectivity index (χ1n) is 8.55. The smallest absolute Gasteiger partial charge is 0.228 e. The molecule has 25 heavy (non-hydrogen) atoms. The summed E-state index contributed by atoms with van der Waals surface area (Å²) in [4.78, 5) is 14.9.